The molecule has 0 bridgehead atoms. The molecule has 1 N–H and O–H groups in total. The summed E-state index contributed by atoms with van der Waals surface area (Å²) in [7, 11) is 0. The second-order valence-corrected chi connectivity index (χ2v) is 6.13. The number of amides is 1. The van der Waals surface area contributed by atoms with Gasteiger partial charge in [-0.3, -0.25) is 4.79 Å². The Balaban J connectivity index is 2.17. The summed E-state index contributed by atoms with van der Waals surface area (Å²) in [6, 6.07) is 10.8. The predicted molar refractivity (Wildman–Crippen MR) is 102 cm³/mol. The fourth-order valence-electron chi connectivity index (χ4n) is 2.33. The normalized spacial score (nSPS) is 10.6. The van der Waals surface area contributed by atoms with Crippen molar-refractivity contribution in [3.05, 3.63) is 58.1 Å². The third kappa shape index (κ3) is 5.48. The van der Waals surface area contributed by atoms with Crippen LogP contribution in [0.25, 0.3) is 0 Å². The number of ether oxygens (including phenoxy) is 2. The van der Waals surface area contributed by atoms with Crippen LogP contribution in [0, 0.1) is 6.92 Å². The Morgan fingerprint density at radius 3 is 2.64 bits per heavy atom. The SMILES string of the molecule is CCCOCc1cc(C(=O)Nc2ccc(C)c(Cl)c2)ccc1OCC. The summed E-state index contributed by atoms with van der Waals surface area (Å²) in [6.07, 6.45) is 0.943. The Labute approximate surface area is 154 Å². The molecule has 4 nitrogen and oxygen atoms in total. The van der Waals surface area contributed by atoms with Crippen LogP contribution in [0.4, 0.5) is 5.69 Å². The van der Waals surface area contributed by atoms with Gasteiger partial charge >= 0.3 is 0 Å². The van der Waals surface area contributed by atoms with Gasteiger partial charge in [-0.25, -0.2) is 0 Å². The standard InChI is InChI=1S/C20H24ClNO3/c1-4-10-24-13-16-11-15(7-9-19(16)25-5-2)20(23)22-17-8-6-14(3)18(21)12-17/h6-9,11-12H,4-5,10,13H2,1-3H3,(H,22,23). The van der Waals surface area contributed by atoms with Crippen LogP contribution in [-0.4, -0.2) is 19.1 Å². The first kappa shape index (κ1) is 19.3. The highest BCUT2D eigenvalue weighted by Gasteiger charge is 2.12. The molecular weight excluding hydrogens is 338 g/mol. The molecule has 0 aliphatic rings. The highest BCUT2D eigenvalue weighted by Crippen LogP contribution is 2.24. The minimum Gasteiger partial charge on any atom is -0.494 e. The smallest absolute Gasteiger partial charge is 0.255 e. The van der Waals surface area contributed by atoms with Crippen molar-refractivity contribution in [1.29, 1.82) is 0 Å². The van der Waals surface area contributed by atoms with Crippen LogP contribution in [0.5, 0.6) is 5.75 Å². The van der Waals surface area contributed by atoms with E-state index in [0.29, 0.717) is 36.1 Å². The number of aryl methyl sites for hydroxylation is 1. The number of benzene rings is 2. The number of carbonyl (C=O) groups excluding carboxylic acids is 1. The minimum absolute atomic E-state index is 0.195. The first-order chi connectivity index (χ1) is 12.0. The lowest BCUT2D eigenvalue weighted by Gasteiger charge is -2.13. The molecule has 0 saturated heterocycles. The Morgan fingerprint density at radius 2 is 1.96 bits per heavy atom. The first-order valence-corrected chi connectivity index (χ1v) is 8.84. The molecule has 0 spiro atoms. The van der Waals surface area contributed by atoms with Gasteiger partial charge in [-0.15, -0.1) is 0 Å². The van der Waals surface area contributed by atoms with Crippen LogP contribution >= 0.6 is 11.6 Å². The average molecular weight is 362 g/mol. The zero-order valence-corrected chi connectivity index (χ0v) is 15.7. The summed E-state index contributed by atoms with van der Waals surface area (Å²) in [6.45, 7) is 7.56. The highest BCUT2D eigenvalue weighted by atomic mass is 35.5. The van der Waals surface area contributed by atoms with Crippen molar-refractivity contribution in [1.82, 2.24) is 0 Å². The number of carbonyl (C=O) groups is 1. The van der Waals surface area contributed by atoms with E-state index in [9.17, 15) is 4.79 Å². The van der Waals surface area contributed by atoms with Crippen molar-refractivity contribution < 1.29 is 14.3 Å². The van der Waals surface area contributed by atoms with Crippen LogP contribution in [0.2, 0.25) is 5.02 Å². The molecule has 25 heavy (non-hydrogen) atoms. The summed E-state index contributed by atoms with van der Waals surface area (Å²) in [5, 5.41) is 3.49. The summed E-state index contributed by atoms with van der Waals surface area (Å²) >= 11 is 6.11. The second kappa shape index (κ2) is 9.44. The molecule has 0 heterocycles. The van der Waals surface area contributed by atoms with Gasteiger partial charge in [0.1, 0.15) is 5.75 Å². The van der Waals surface area contributed by atoms with Crippen molar-refractivity contribution in [2.75, 3.05) is 18.5 Å². The van der Waals surface area contributed by atoms with Crippen LogP contribution in [0.15, 0.2) is 36.4 Å². The number of rotatable bonds is 8. The van der Waals surface area contributed by atoms with Gasteiger partial charge in [-0.2, -0.15) is 0 Å². The van der Waals surface area contributed by atoms with Gasteiger partial charge in [0.25, 0.3) is 5.91 Å². The van der Waals surface area contributed by atoms with Crippen molar-refractivity contribution in [3.8, 4) is 5.75 Å². The van der Waals surface area contributed by atoms with Gasteiger partial charge in [-0.05, 0) is 56.2 Å². The maximum Gasteiger partial charge on any atom is 0.255 e. The number of anilines is 1. The molecule has 134 valence electrons. The van der Waals surface area contributed by atoms with Crippen molar-refractivity contribution in [2.45, 2.75) is 33.8 Å². The molecule has 0 fully saturated rings. The third-order valence-corrected chi connectivity index (χ3v) is 4.07. The fraction of sp³-hybridized carbons (Fsp3) is 0.350. The predicted octanol–water partition coefficient (Wildman–Crippen LogP) is 5.23. The molecule has 2 rings (SSSR count). The monoisotopic (exact) mass is 361 g/mol. The van der Waals surface area contributed by atoms with E-state index in [-0.39, 0.29) is 5.91 Å². The van der Waals surface area contributed by atoms with Crippen molar-refractivity contribution in [3.63, 3.8) is 0 Å². The molecule has 0 aromatic heterocycles. The molecule has 0 aliphatic carbocycles. The largest absolute Gasteiger partial charge is 0.494 e. The lowest BCUT2D eigenvalue weighted by molar-refractivity contribution is 0.102. The minimum atomic E-state index is -0.195. The van der Waals surface area contributed by atoms with Crippen molar-refractivity contribution in [2.24, 2.45) is 0 Å². The van der Waals surface area contributed by atoms with Crippen LogP contribution < -0.4 is 10.1 Å². The lowest BCUT2D eigenvalue weighted by atomic mass is 10.1. The molecule has 5 heteroatoms. The Kier molecular flexibility index (Phi) is 7.29. The summed E-state index contributed by atoms with van der Waals surface area (Å²) in [5.74, 6) is 0.549. The molecule has 1 amide bonds. The lowest BCUT2D eigenvalue weighted by Crippen LogP contribution is -2.13. The number of nitrogens with one attached hydrogen (secondary N) is 1. The van der Waals surface area contributed by atoms with Gasteiger partial charge in [0.2, 0.25) is 0 Å². The summed E-state index contributed by atoms with van der Waals surface area (Å²) in [5.41, 5.74) is 3.05. The average Bonchev–Trinajstić information content (AvgIpc) is 2.60. The highest BCUT2D eigenvalue weighted by molar-refractivity contribution is 6.31. The van der Waals surface area contributed by atoms with Gasteiger partial charge in [0.05, 0.1) is 13.2 Å². The van der Waals surface area contributed by atoms with E-state index in [1.165, 1.54) is 0 Å². The van der Waals surface area contributed by atoms with Gasteiger partial charge in [-0.1, -0.05) is 24.6 Å². The van der Waals surface area contributed by atoms with E-state index in [2.05, 4.69) is 12.2 Å². The third-order valence-electron chi connectivity index (χ3n) is 3.66. The summed E-state index contributed by atoms with van der Waals surface area (Å²) in [4.78, 5) is 12.5. The number of hydrogen-bond acceptors (Lipinski definition) is 3. The molecule has 2 aromatic carbocycles. The molecule has 2 aromatic rings. The zero-order valence-electron chi connectivity index (χ0n) is 14.9. The Bertz CT molecular complexity index is 731. The van der Waals surface area contributed by atoms with E-state index in [1.807, 2.05) is 38.1 Å². The number of hydrogen-bond donors (Lipinski definition) is 1. The van der Waals surface area contributed by atoms with E-state index in [0.717, 1.165) is 23.3 Å². The van der Waals surface area contributed by atoms with Crippen LogP contribution in [0.3, 0.4) is 0 Å². The molecule has 0 aliphatic heterocycles. The first-order valence-electron chi connectivity index (χ1n) is 8.46. The maximum atomic E-state index is 12.5. The second-order valence-electron chi connectivity index (χ2n) is 5.73. The van der Waals surface area contributed by atoms with Gasteiger partial charge in [0, 0.05) is 28.4 Å². The van der Waals surface area contributed by atoms with Crippen molar-refractivity contribution >= 4 is 23.2 Å². The Morgan fingerprint density at radius 1 is 1.16 bits per heavy atom. The van der Waals surface area contributed by atoms with Crippen LogP contribution in [-0.2, 0) is 11.3 Å². The fourth-order valence-corrected chi connectivity index (χ4v) is 2.51. The Hall–Kier alpha value is -2.04. The number of halogens is 1. The van der Waals surface area contributed by atoms with E-state index in [4.69, 9.17) is 21.1 Å². The summed E-state index contributed by atoms with van der Waals surface area (Å²) < 4.78 is 11.2. The van der Waals surface area contributed by atoms with Crippen LogP contribution in [0.1, 0.15) is 41.8 Å². The molecule has 0 radical (unpaired) electrons. The molecular formula is C20H24ClNO3. The zero-order chi connectivity index (χ0) is 18.2. The molecule has 0 unspecified atom stereocenters. The molecule has 0 atom stereocenters. The van der Waals surface area contributed by atoms with E-state index in [1.54, 1.807) is 12.1 Å². The quantitative estimate of drug-likeness (QED) is 0.655. The molecule has 0 saturated carbocycles. The van der Waals surface area contributed by atoms with E-state index < -0.39 is 0 Å². The van der Waals surface area contributed by atoms with E-state index >= 15 is 0 Å². The van der Waals surface area contributed by atoms with Gasteiger partial charge < -0.3 is 14.8 Å². The maximum absolute atomic E-state index is 12.5. The topological polar surface area (TPSA) is 47.6 Å². The van der Waals surface area contributed by atoms with Gasteiger partial charge in [0.15, 0.2) is 0 Å².